The van der Waals surface area contributed by atoms with Crippen molar-refractivity contribution in [1.29, 1.82) is 0 Å². The summed E-state index contributed by atoms with van der Waals surface area (Å²) in [6, 6.07) is 0. The van der Waals surface area contributed by atoms with Gasteiger partial charge in [-0.1, -0.05) is 25.7 Å². The maximum atomic E-state index is 6.02. The molecule has 7 heteroatoms. The molecular weight excluding hydrogens is 304 g/mol. The molecule has 136 valence electrons. The van der Waals surface area contributed by atoms with E-state index < -0.39 is 0 Å². The third-order valence-electron chi connectivity index (χ3n) is 4.39. The zero-order chi connectivity index (χ0) is 17.2. The van der Waals surface area contributed by atoms with Crippen LogP contribution < -0.4 is 5.32 Å². The van der Waals surface area contributed by atoms with E-state index in [9.17, 15) is 0 Å². The van der Waals surface area contributed by atoms with Crippen LogP contribution in [0.25, 0.3) is 0 Å². The highest BCUT2D eigenvalue weighted by molar-refractivity contribution is 5.79. The lowest BCUT2D eigenvalue weighted by molar-refractivity contribution is 0.0486. The molecule has 1 aromatic heterocycles. The maximum Gasteiger partial charge on any atom is 0.194 e. The molecule has 0 aliphatic heterocycles. The molecule has 0 atom stereocenters. The second kappa shape index (κ2) is 10.3. The lowest BCUT2D eigenvalue weighted by Gasteiger charge is -2.21. The van der Waals surface area contributed by atoms with E-state index in [1.165, 1.54) is 38.5 Å². The smallest absolute Gasteiger partial charge is 0.194 e. The first-order valence-electron chi connectivity index (χ1n) is 9.14. The van der Waals surface area contributed by atoms with Gasteiger partial charge >= 0.3 is 0 Å². The Bertz CT molecular complexity index is 493. The summed E-state index contributed by atoms with van der Waals surface area (Å²) in [5.41, 5.74) is 0. The van der Waals surface area contributed by atoms with Crippen molar-refractivity contribution in [3.63, 3.8) is 0 Å². The van der Waals surface area contributed by atoms with Gasteiger partial charge in [0.25, 0.3) is 0 Å². The molecule has 1 saturated carbocycles. The van der Waals surface area contributed by atoms with Gasteiger partial charge in [-0.2, -0.15) is 5.10 Å². The summed E-state index contributed by atoms with van der Waals surface area (Å²) in [7, 11) is 3.92. The van der Waals surface area contributed by atoms with Crippen LogP contribution in [0.3, 0.4) is 0 Å². The molecule has 0 radical (unpaired) electrons. The minimum absolute atomic E-state index is 0.432. The Morgan fingerprint density at radius 1 is 1.38 bits per heavy atom. The number of hydrogen-bond acceptors (Lipinski definition) is 4. The normalized spacial score (nSPS) is 16.9. The molecule has 1 heterocycles. The second-order valence-corrected chi connectivity index (χ2v) is 6.38. The van der Waals surface area contributed by atoms with E-state index in [1.54, 1.807) is 11.0 Å². The molecule has 2 rings (SSSR count). The van der Waals surface area contributed by atoms with Crippen molar-refractivity contribution in [3.05, 3.63) is 12.2 Å². The van der Waals surface area contributed by atoms with E-state index in [0.29, 0.717) is 25.8 Å². The number of rotatable bonds is 7. The molecule has 0 bridgehead atoms. The highest BCUT2D eigenvalue weighted by atomic mass is 16.5. The van der Waals surface area contributed by atoms with Crippen LogP contribution in [0.2, 0.25) is 0 Å². The van der Waals surface area contributed by atoms with Crippen LogP contribution in [0.4, 0.5) is 0 Å². The number of aliphatic imine (C=N–C) groups is 1. The van der Waals surface area contributed by atoms with Gasteiger partial charge in [-0.3, -0.25) is 9.67 Å². The van der Waals surface area contributed by atoms with Crippen molar-refractivity contribution in [2.75, 3.05) is 26.7 Å². The molecular formula is C17H32N6O. The van der Waals surface area contributed by atoms with Gasteiger partial charge in [-0.15, -0.1) is 0 Å². The number of hydrogen-bond donors (Lipinski definition) is 1. The van der Waals surface area contributed by atoms with Gasteiger partial charge in [0.05, 0.1) is 25.8 Å². The Morgan fingerprint density at radius 3 is 2.75 bits per heavy atom. The fourth-order valence-electron chi connectivity index (χ4n) is 3.00. The Balaban J connectivity index is 1.79. The predicted octanol–water partition coefficient (Wildman–Crippen LogP) is 1.95. The van der Waals surface area contributed by atoms with Crippen molar-refractivity contribution in [2.24, 2.45) is 12.0 Å². The van der Waals surface area contributed by atoms with Crippen molar-refractivity contribution in [1.82, 2.24) is 25.0 Å². The van der Waals surface area contributed by atoms with Gasteiger partial charge in [-0.05, 0) is 19.8 Å². The molecule has 7 nitrogen and oxygen atoms in total. The molecule has 1 fully saturated rings. The molecule has 1 aliphatic carbocycles. The number of aryl methyl sites for hydroxylation is 1. The van der Waals surface area contributed by atoms with Crippen molar-refractivity contribution < 1.29 is 4.74 Å². The summed E-state index contributed by atoms with van der Waals surface area (Å²) in [6.45, 7) is 4.96. The summed E-state index contributed by atoms with van der Waals surface area (Å²) in [5.74, 6) is 1.79. The van der Waals surface area contributed by atoms with Gasteiger partial charge in [-0.25, -0.2) is 4.98 Å². The first-order chi connectivity index (χ1) is 11.7. The Labute approximate surface area is 145 Å². The van der Waals surface area contributed by atoms with Crippen LogP contribution >= 0.6 is 0 Å². The fraction of sp³-hybridized carbons (Fsp3) is 0.824. The van der Waals surface area contributed by atoms with Gasteiger partial charge < -0.3 is 15.0 Å². The third kappa shape index (κ3) is 6.11. The van der Waals surface area contributed by atoms with E-state index >= 15 is 0 Å². The number of ether oxygens (including phenoxy) is 1. The summed E-state index contributed by atoms with van der Waals surface area (Å²) >= 11 is 0. The molecule has 0 aromatic carbocycles. The largest absolute Gasteiger partial charge is 0.376 e. The van der Waals surface area contributed by atoms with Gasteiger partial charge in [0.1, 0.15) is 12.2 Å². The number of guanidine groups is 1. The monoisotopic (exact) mass is 336 g/mol. The molecule has 1 aromatic rings. The van der Waals surface area contributed by atoms with Crippen molar-refractivity contribution in [3.8, 4) is 0 Å². The number of aromatic nitrogens is 3. The van der Waals surface area contributed by atoms with E-state index in [0.717, 1.165) is 18.3 Å². The lowest BCUT2D eigenvalue weighted by Crippen LogP contribution is -2.39. The average molecular weight is 336 g/mol. The summed E-state index contributed by atoms with van der Waals surface area (Å²) in [5, 5.41) is 7.43. The zero-order valence-electron chi connectivity index (χ0n) is 15.4. The van der Waals surface area contributed by atoms with Crippen LogP contribution in [0.15, 0.2) is 11.3 Å². The SMILES string of the molecule is CCNC(=NCCOC1CCCCCC1)N(C)Cc1ncnn1C. The maximum absolute atomic E-state index is 6.02. The predicted molar refractivity (Wildman–Crippen MR) is 95.9 cm³/mol. The molecule has 0 unspecified atom stereocenters. The fourth-order valence-corrected chi connectivity index (χ4v) is 3.00. The minimum Gasteiger partial charge on any atom is -0.376 e. The first kappa shape index (κ1) is 18.7. The lowest BCUT2D eigenvalue weighted by atomic mass is 10.1. The highest BCUT2D eigenvalue weighted by Crippen LogP contribution is 2.19. The summed E-state index contributed by atoms with van der Waals surface area (Å²) in [4.78, 5) is 11.0. The van der Waals surface area contributed by atoms with E-state index in [-0.39, 0.29) is 0 Å². The highest BCUT2D eigenvalue weighted by Gasteiger charge is 2.13. The Kier molecular flexibility index (Phi) is 8.01. The topological polar surface area (TPSA) is 67.6 Å². The molecule has 0 amide bonds. The van der Waals surface area contributed by atoms with E-state index in [2.05, 4.69) is 32.2 Å². The van der Waals surface area contributed by atoms with Crippen LogP contribution in [-0.4, -0.2) is 58.5 Å². The quantitative estimate of drug-likeness (QED) is 0.357. The summed E-state index contributed by atoms with van der Waals surface area (Å²) in [6.07, 6.45) is 9.74. The van der Waals surface area contributed by atoms with Gasteiger partial charge in [0.2, 0.25) is 0 Å². The zero-order valence-corrected chi connectivity index (χ0v) is 15.4. The third-order valence-corrected chi connectivity index (χ3v) is 4.39. The van der Waals surface area contributed by atoms with Crippen LogP contribution in [0.5, 0.6) is 0 Å². The van der Waals surface area contributed by atoms with Crippen molar-refractivity contribution in [2.45, 2.75) is 58.1 Å². The Morgan fingerprint density at radius 2 is 2.12 bits per heavy atom. The minimum atomic E-state index is 0.432. The number of nitrogens with zero attached hydrogens (tertiary/aromatic N) is 5. The summed E-state index contributed by atoms with van der Waals surface area (Å²) < 4.78 is 7.80. The second-order valence-electron chi connectivity index (χ2n) is 6.38. The molecule has 24 heavy (non-hydrogen) atoms. The standard InChI is InChI=1S/C17H32N6O/c1-4-18-17(22(2)13-16-20-14-21-23(16)3)19-11-12-24-15-9-7-5-6-8-10-15/h14-15H,4-13H2,1-3H3,(H,18,19). The van der Waals surface area contributed by atoms with Crippen molar-refractivity contribution >= 4 is 5.96 Å². The van der Waals surface area contributed by atoms with Gasteiger partial charge in [0, 0.05) is 20.6 Å². The van der Waals surface area contributed by atoms with Crippen LogP contribution in [0, 0.1) is 0 Å². The van der Waals surface area contributed by atoms with Gasteiger partial charge in [0.15, 0.2) is 5.96 Å². The Hall–Kier alpha value is -1.63. The first-order valence-corrected chi connectivity index (χ1v) is 9.14. The molecule has 0 saturated heterocycles. The molecule has 1 N–H and O–H groups in total. The molecule has 1 aliphatic rings. The van der Waals surface area contributed by atoms with Crippen LogP contribution in [-0.2, 0) is 18.3 Å². The average Bonchev–Trinajstić information content (AvgIpc) is 2.82. The van der Waals surface area contributed by atoms with E-state index in [1.807, 2.05) is 14.1 Å². The van der Waals surface area contributed by atoms with Crippen LogP contribution in [0.1, 0.15) is 51.3 Å². The number of nitrogens with one attached hydrogen (secondary N) is 1. The van der Waals surface area contributed by atoms with E-state index in [4.69, 9.17) is 4.74 Å². The molecule has 0 spiro atoms.